The molecule has 0 amide bonds. The lowest BCUT2D eigenvalue weighted by molar-refractivity contribution is -0.0221. The third-order valence-corrected chi connectivity index (χ3v) is 2.63. The van der Waals surface area contributed by atoms with E-state index in [2.05, 4.69) is 5.92 Å². The van der Waals surface area contributed by atoms with Gasteiger partial charge in [0.05, 0.1) is 6.61 Å². The lowest BCUT2D eigenvalue weighted by Crippen LogP contribution is -2.36. The molecule has 1 aliphatic carbocycles. The lowest BCUT2D eigenvalue weighted by Gasteiger charge is -2.31. The normalized spacial score (nSPS) is 18.9. The first-order chi connectivity index (χ1) is 7.22. The Morgan fingerprint density at radius 1 is 1.40 bits per heavy atom. The molecule has 0 aliphatic heterocycles. The topological polar surface area (TPSA) is 35.5 Å². The predicted octanol–water partition coefficient (Wildman–Crippen LogP) is 2.89. The second-order valence-electron chi connectivity index (χ2n) is 3.90. The van der Waals surface area contributed by atoms with Gasteiger partial charge in [0, 0.05) is 0 Å². The molecule has 0 aromatic heterocycles. The summed E-state index contributed by atoms with van der Waals surface area (Å²) in [7, 11) is 0. The molecule has 1 aliphatic rings. The van der Waals surface area contributed by atoms with Gasteiger partial charge in [-0.3, -0.25) is 0 Å². The van der Waals surface area contributed by atoms with Crippen molar-refractivity contribution in [3.8, 4) is 12.3 Å². The van der Waals surface area contributed by atoms with Gasteiger partial charge in [0.25, 0.3) is 0 Å². The first kappa shape index (κ1) is 11.9. The van der Waals surface area contributed by atoms with Crippen molar-refractivity contribution in [2.24, 2.45) is 0 Å². The van der Waals surface area contributed by atoms with Gasteiger partial charge >= 0.3 is 6.16 Å². The average molecular weight is 210 g/mol. The zero-order chi connectivity index (χ0) is 11.1. The van der Waals surface area contributed by atoms with Gasteiger partial charge in [-0.15, -0.1) is 6.42 Å². The molecule has 0 atom stereocenters. The van der Waals surface area contributed by atoms with Crippen LogP contribution in [0.25, 0.3) is 0 Å². The van der Waals surface area contributed by atoms with E-state index in [4.69, 9.17) is 15.9 Å². The summed E-state index contributed by atoms with van der Waals surface area (Å²) in [5.41, 5.74) is -0.705. The number of carbonyl (C=O) groups excluding carboxylic acids is 1. The average Bonchev–Trinajstić information content (AvgIpc) is 2.27. The zero-order valence-electron chi connectivity index (χ0n) is 9.25. The van der Waals surface area contributed by atoms with Gasteiger partial charge in [-0.1, -0.05) is 19.3 Å². The van der Waals surface area contributed by atoms with E-state index in [1.165, 1.54) is 0 Å². The van der Waals surface area contributed by atoms with Crippen molar-refractivity contribution >= 4 is 6.16 Å². The molecule has 84 valence electrons. The second-order valence-corrected chi connectivity index (χ2v) is 3.90. The van der Waals surface area contributed by atoms with Gasteiger partial charge in [0.15, 0.2) is 5.60 Å². The molecular weight excluding hydrogens is 192 g/mol. The number of rotatable bonds is 3. The van der Waals surface area contributed by atoms with Crippen molar-refractivity contribution in [2.75, 3.05) is 6.61 Å². The van der Waals surface area contributed by atoms with Gasteiger partial charge in [-0.25, -0.2) is 4.79 Å². The fourth-order valence-electron chi connectivity index (χ4n) is 1.77. The fraction of sp³-hybridized carbons (Fsp3) is 0.750. The van der Waals surface area contributed by atoms with Gasteiger partial charge in [0.1, 0.15) is 0 Å². The van der Waals surface area contributed by atoms with E-state index in [-0.39, 0.29) is 0 Å². The van der Waals surface area contributed by atoms with Gasteiger partial charge in [-0.05, 0) is 32.1 Å². The highest BCUT2D eigenvalue weighted by molar-refractivity contribution is 5.61. The minimum Gasteiger partial charge on any atom is -0.434 e. The Bertz CT molecular complexity index is 246. The van der Waals surface area contributed by atoms with E-state index in [9.17, 15) is 4.79 Å². The highest BCUT2D eigenvalue weighted by Gasteiger charge is 2.34. The summed E-state index contributed by atoms with van der Waals surface area (Å²) in [6, 6.07) is 0. The lowest BCUT2D eigenvalue weighted by atomic mass is 9.85. The smallest absolute Gasteiger partial charge is 0.434 e. The molecule has 0 aromatic rings. The van der Waals surface area contributed by atoms with E-state index in [1.807, 2.05) is 6.92 Å². The first-order valence-corrected chi connectivity index (χ1v) is 5.56. The number of hydrogen-bond donors (Lipinski definition) is 0. The van der Waals surface area contributed by atoms with E-state index < -0.39 is 11.8 Å². The van der Waals surface area contributed by atoms with Crippen LogP contribution in [0.1, 0.15) is 45.4 Å². The van der Waals surface area contributed by atoms with E-state index in [0.717, 1.165) is 38.5 Å². The summed E-state index contributed by atoms with van der Waals surface area (Å²) in [5, 5.41) is 0. The molecule has 3 heteroatoms. The Kier molecular flexibility index (Phi) is 4.48. The molecule has 0 heterocycles. The third kappa shape index (κ3) is 3.47. The molecule has 15 heavy (non-hydrogen) atoms. The molecule has 1 rings (SSSR count). The van der Waals surface area contributed by atoms with Gasteiger partial charge < -0.3 is 9.47 Å². The summed E-state index contributed by atoms with van der Waals surface area (Å²) in [6.45, 7) is 2.32. The minimum absolute atomic E-state index is 0.388. The minimum atomic E-state index is -0.705. The van der Waals surface area contributed by atoms with Crippen LogP contribution in [0, 0.1) is 12.3 Å². The van der Waals surface area contributed by atoms with Crippen molar-refractivity contribution in [3.05, 3.63) is 0 Å². The fourth-order valence-corrected chi connectivity index (χ4v) is 1.77. The van der Waals surface area contributed by atoms with Crippen LogP contribution in [0.2, 0.25) is 0 Å². The van der Waals surface area contributed by atoms with E-state index >= 15 is 0 Å². The molecule has 1 saturated carbocycles. The molecule has 0 N–H and O–H groups in total. The molecular formula is C12H18O3. The first-order valence-electron chi connectivity index (χ1n) is 5.56. The molecule has 0 aromatic carbocycles. The Balaban J connectivity index is 2.45. The summed E-state index contributed by atoms with van der Waals surface area (Å²) >= 11 is 0. The van der Waals surface area contributed by atoms with Crippen molar-refractivity contribution in [3.63, 3.8) is 0 Å². The molecule has 0 saturated heterocycles. The Morgan fingerprint density at radius 3 is 2.60 bits per heavy atom. The van der Waals surface area contributed by atoms with Crippen LogP contribution in [0.15, 0.2) is 0 Å². The monoisotopic (exact) mass is 210 g/mol. The Hall–Kier alpha value is -1.17. The Labute approximate surface area is 91.1 Å². The summed E-state index contributed by atoms with van der Waals surface area (Å²) in [5.74, 6) is 2.60. The van der Waals surface area contributed by atoms with Crippen molar-refractivity contribution in [1.29, 1.82) is 0 Å². The van der Waals surface area contributed by atoms with Gasteiger partial charge in [0.2, 0.25) is 0 Å². The van der Waals surface area contributed by atoms with E-state index in [0.29, 0.717) is 6.61 Å². The third-order valence-electron chi connectivity index (χ3n) is 2.63. The van der Waals surface area contributed by atoms with Crippen LogP contribution < -0.4 is 0 Å². The van der Waals surface area contributed by atoms with Crippen LogP contribution in [-0.2, 0) is 9.47 Å². The molecule has 0 unspecified atom stereocenters. The maximum atomic E-state index is 11.3. The number of carbonyl (C=O) groups is 1. The standard InChI is InChI=1S/C12H18O3/c1-3-10-14-11(13)15-12(4-2)8-6-5-7-9-12/h2H,3,5-10H2,1H3. The molecule has 1 fully saturated rings. The van der Waals surface area contributed by atoms with Crippen LogP contribution in [0.3, 0.4) is 0 Å². The zero-order valence-corrected chi connectivity index (χ0v) is 9.25. The summed E-state index contributed by atoms with van der Waals surface area (Å²) in [4.78, 5) is 11.3. The summed E-state index contributed by atoms with van der Waals surface area (Å²) < 4.78 is 10.1. The highest BCUT2D eigenvalue weighted by atomic mass is 16.7. The van der Waals surface area contributed by atoms with Crippen LogP contribution in [0.4, 0.5) is 4.79 Å². The maximum absolute atomic E-state index is 11.3. The quantitative estimate of drug-likeness (QED) is 0.530. The molecule has 0 radical (unpaired) electrons. The van der Waals surface area contributed by atoms with Crippen molar-refractivity contribution in [2.45, 2.75) is 51.0 Å². The largest absolute Gasteiger partial charge is 0.509 e. The predicted molar refractivity (Wildman–Crippen MR) is 57.4 cm³/mol. The van der Waals surface area contributed by atoms with Crippen molar-refractivity contribution in [1.82, 2.24) is 0 Å². The van der Waals surface area contributed by atoms with Crippen LogP contribution >= 0.6 is 0 Å². The number of terminal acetylenes is 1. The second kappa shape index (κ2) is 5.65. The maximum Gasteiger partial charge on any atom is 0.509 e. The SMILES string of the molecule is C#CC1(OC(=O)OCCC)CCCCC1. The van der Waals surface area contributed by atoms with Crippen molar-refractivity contribution < 1.29 is 14.3 Å². The number of ether oxygens (including phenoxy) is 2. The molecule has 0 spiro atoms. The highest BCUT2D eigenvalue weighted by Crippen LogP contribution is 2.31. The van der Waals surface area contributed by atoms with E-state index in [1.54, 1.807) is 0 Å². The Morgan fingerprint density at radius 2 is 2.07 bits per heavy atom. The molecule has 0 bridgehead atoms. The van der Waals surface area contributed by atoms with Gasteiger partial charge in [-0.2, -0.15) is 0 Å². The molecule has 3 nitrogen and oxygen atoms in total. The van der Waals surface area contributed by atoms with Crippen LogP contribution in [-0.4, -0.2) is 18.4 Å². The number of hydrogen-bond acceptors (Lipinski definition) is 3. The van der Waals surface area contributed by atoms with Crippen LogP contribution in [0.5, 0.6) is 0 Å². The summed E-state index contributed by atoms with van der Waals surface area (Å²) in [6.07, 6.45) is 10.3.